The summed E-state index contributed by atoms with van der Waals surface area (Å²) in [5.74, 6) is -0.228. The smallest absolute Gasteiger partial charge is 0.253 e. The molecule has 2 aliphatic heterocycles. The number of benzene rings is 2. The fourth-order valence-corrected chi connectivity index (χ4v) is 4.19. The predicted molar refractivity (Wildman–Crippen MR) is 115 cm³/mol. The summed E-state index contributed by atoms with van der Waals surface area (Å²) >= 11 is 0. The molecular formula is C24H27N3O3. The summed E-state index contributed by atoms with van der Waals surface area (Å²) in [6.07, 6.45) is 0.818. The Morgan fingerprint density at radius 2 is 1.70 bits per heavy atom. The average Bonchev–Trinajstić information content (AvgIpc) is 2.80. The lowest BCUT2D eigenvalue weighted by Gasteiger charge is -2.46. The van der Waals surface area contributed by atoms with E-state index in [1.165, 1.54) is 0 Å². The molecule has 0 radical (unpaired) electrons. The maximum atomic E-state index is 13.0. The van der Waals surface area contributed by atoms with Crippen LogP contribution in [0, 0.1) is 5.92 Å². The van der Waals surface area contributed by atoms with Crippen LogP contribution in [0.25, 0.3) is 11.1 Å². The average molecular weight is 405 g/mol. The number of rotatable bonds is 4. The molecule has 0 saturated carbocycles. The van der Waals surface area contributed by atoms with Crippen molar-refractivity contribution in [2.24, 2.45) is 5.92 Å². The summed E-state index contributed by atoms with van der Waals surface area (Å²) < 4.78 is 0. The fourth-order valence-electron chi connectivity index (χ4n) is 4.19. The van der Waals surface area contributed by atoms with Crippen molar-refractivity contribution in [3.8, 4) is 11.1 Å². The van der Waals surface area contributed by atoms with E-state index in [0.29, 0.717) is 18.7 Å². The van der Waals surface area contributed by atoms with Crippen LogP contribution in [0.4, 0.5) is 0 Å². The highest BCUT2D eigenvalue weighted by Crippen LogP contribution is 2.23. The Kier molecular flexibility index (Phi) is 5.57. The van der Waals surface area contributed by atoms with Crippen LogP contribution in [-0.2, 0) is 9.59 Å². The summed E-state index contributed by atoms with van der Waals surface area (Å²) in [5.41, 5.74) is 2.73. The number of nitrogens with zero attached hydrogens (tertiary/aromatic N) is 2. The third-order valence-corrected chi connectivity index (χ3v) is 6.27. The Bertz CT molecular complexity index is 942. The van der Waals surface area contributed by atoms with Crippen molar-refractivity contribution >= 4 is 17.7 Å². The van der Waals surface area contributed by atoms with Gasteiger partial charge in [-0.15, -0.1) is 0 Å². The van der Waals surface area contributed by atoms with Gasteiger partial charge in [0.25, 0.3) is 5.91 Å². The van der Waals surface area contributed by atoms with E-state index in [1.807, 2.05) is 68.4 Å². The Hall–Kier alpha value is -3.15. The molecule has 2 aromatic rings. The summed E-state index contributed by atoms with van der Waals surface area (Å²) in [4.78, 5) is 41.8. The first-order valence-electron chi connectivity index (χ1n) is 10.5. The Labute approximate surface area is 176 Å². The van der Waals surface area contributed by atoms with Gasteiger partial charge in [0, 0.05) is 18.7 Å². The molecule has 2 saturated heterocycles. The normalized spacial score (nSPS) is 22.3. The number of carbonyl (C=O) groups is 3. The molecular weight excluding hydrogens is 378 g/mol. The molecule has 30 heavy (non-hydrogen) atoms. The highest BCUT2D eigenvalue weighted by Gasteiger charge is 2.45. The van der Waals surface area contributed by atoms with E-state index in [4.69, 9.17) is 0 Å². The van der Waals surface area contributed by atoms with Crippen molar-refractivity contribution in [3.05, 3.63) is 60.2 Å². The van der Waals surface area contributed by atoms with Crippen molar-refractivity contribution < 1.29 is 14.4 Å². The Morgan fingerprint density at radius 3 is 2.37 bits per heavy atom. The van der Waals surface area contributed by atoms with Gasteiger partial charge < -0.3 is 15.1 Å². The van der Waals surface area contributed by atoms with Crippen molar-refractivity contribution in [2.75, 3.05) is 19.6 Å². The van der Waals surface area contributed by atoms with Gasteiger partial charge in [0.15, 0.2) is 0 Å². The zero-order chi connectivity index (χ0) is 21.3. The molecule has 2 aliphatic rings. The van der Waals surface area contributed by atoms with Crippen LogP contribution >= 0.6 is 0 Å². The molecule has 0 bridgehead atoms. The van der Waals surface area contributed by atoms with Gasteiger partial charge >= 0.3 is 0 Å². The lowest BCUT2D eigenvalue weighted by molar-refractivity contribution is -0.153. The van der Waals surface area contributed by atoms with E-state index in [2.05, 4.69) is 5.32 Å². The quantitative estimate of drug-likeness (QED) is 0.850. The first-order valence-corrected chi connectivity index (χ1v) is 10.5. The molecule has 1 N–H and O–H groups in total. The van der Waals surface area contributed by atoms with Gasteiger partial charge in [-0.2, -0.15) is 0 Å². The molecule has 0 aliphatic carbocycles. The molecule has 6 heteroatoms. The Balaban J connectivity index is 1.46. The molecule has 4 rings (SSSR count). The first kappa shape index (κ1) is 20.1. The van der Waals surface area contributed by atoms with Gasteiger partial charge in [-0.3, -0.25) is 14.4 Å². The van der Waals surface area contributed by atoms with Crippen LogP contribution in [0.2, 0.25) is 0 Å². The lowest BCUT2D eigenvalue weighted by Crippen LogP contribution is -2.70. The molecule has 6 nitrogen and oxygen atoms in total. The molecule has 2 aromatic carbocycles. The Morgan fingerprint density at radius 1 is 1.03 bits per heavy atom. The highest BCUT2D eigenvalue weighted by atomic mass is 16.2. The van der Waals surface area contributed by atoms with Crippen molar-refractivity contribution in [2.45, 2.75) is 32.4 Å². The van der Waals surface area contributed by atoms with E-state index >= 15 is 0 Å². The monoisotopic (exact) mass is 405 g/mol. The van der Waals surface area contributed by atoms with Crippen molar-refractivity contribution in [1.82, 2.24) is 15.1 Å². The van der Waals surface area contributed by atoms with E-state index in [9.17, 15) is 14.4 Å². The number of piperazine rings is 2. The van der Waals surface area contributed by atoms with Crippen LogP contribution in [-0.4, -0.2) is 59.2 Å². The molecule has 3 atom stereocenters. The van der Waals surface area contributed by atoms with E-state index in [1.54, 1.807) is 9.80 Å². The van der Waals surface area contributed by atoms with E-state index < -0.39 is 12.1 Å². The van der Waals surface area contributed by atoms with Gasteiger partial charge in [0.05, 0.1) is 6.54 Å². The summed E-state index contributed by atoms with van der Waals surface area (Å²) in [6, 6.07) is 16.4. The molecule has 0 aromatic heterocycles. The number of hydrogen-bond donors (Lipinski definition) is 1. The van der Waals surface area contributed by atoms with Crippen LogP contribution in [0.3, 0.4) is 0 Å². The maximum absolute atomic E-state index is 13.0. The third-order valence-electron chi connectivity index (χ3n) is 6.27. The summed E-state index contributed by atoms with van der Waals surface area (Å²) in [6.45, 7) is 5.03. The SMILES string of the molecule is CC[C@H](C)[C@@H]1NC(=O)[C@H]2CN(C(=O)c3ccc(-c4ccccc4)cc3)CCN2C1=O. The topological polar surface area (TPSA) is 69.7 Å². The third kappa shape index (κ3) is 3.70. The van der Waals surface area contributed by atoms with Crippen LogP contribution < -0.4 is 5.32 Å². The number of amides is 3. The minimum Gasteiger partial charge on any atom is -0.342 e. The molecule has 3 amide bonds. The fraction of sp³-hybridized carbons (Fsp3) is 0.375. The molecule has 0 spiro atoms. The number of fused-ring (bicyclic) bond motifs is 1. The molecule has 2 heterocycles. The number of nitrogens with one attached hydrogen (secondary N) is 1. The van der Waals surface area contributed by atoms with Gasteiger partial charge in [-0.25, -0.2) is 0 Å². The number of hydrogen-bond acceptors (Lipinski definition) is 3. The maximum Gasteiger partial charge on any atom is 0.253 e. The first-order chi connectivity index (χ1) is 14.5. The zero-order valence-electron chi connectivity index (χ0n) is 17.4. The van der Waals surface area contributed by atoms with Gasteiger partial charge in [0.1, 0.15) is 12.1 Å². The minimum absolute atomic E-state index is 0.0340. The van der Waals surface area contributed by atoms with Gasteiger partial charge in [-0.05, 0) is 29.2 Å². The van der Waals surface area contributed by atoms with Crippen LogP contribution in [0.5, 0.6) is 0 Å². The largest absolute Gasteiger partial charge is 0.342 e. The minimum atomic E-state index is -0.612. The van der Waals surface area contributed by atoms with Crippen LogP contribution in [0.15, 0.2) is 54.6 Å². The highest BCUT2D eigenvalue weighted by molar-refractivity contribution is 5.99. The van der Waals surface area contributed by atoms with Crippen molar-refractivity contribution in [3.63, 3.8) is 0 Å². The van der Waals surface area contributed by atoms with E-state index in [-0.39, 0.29) is 30.2 Å². The second kappa shape index (κ2) is 8.30. The standard InChI is InChI=1S/C24H27N3O3/c1-3-16(2)21-24(30)27-14-13-26(15-20(27)22(28)25-21)23(29)19-11-9-18(10-12-19)17-7-5-4-6-8-17/h4-12,16,20-21H,3,13-15H2,1-2H3,(H,25,28)/t16-,20+,21-/m0/s1. The number of carbonyl (C=O) groups excluding carboxylic acids is 3. The molecule has 0 unspecified atom stereocenters. The zero-order valence-corrected chi connectivity index (χ0v) is 17.4. The molecule has 2 fully saturated rings. The van der Waals surface area contributed by atoms with Crippen LogP contribution in [0.1, 0.15) is 30.6 Å². The predicted octanol–water partition coefficient (Wildman–Crippen LogP) is 2.55. The second-order valence-corrected chi connectivity index (χ2v) is 8.11. The second-order valence-electron chi connectivity index (χ2n) is 8.11. The summed E-state index contributed by atoms with van der Waals surface area (Å²) in [5, 5.41) is 2.87. The lowest BCUT2D eigenvalue weighted by atomic mass is 9.93. The van der Waals surface area contributed by atoms with Gasteiger partial charge in [0.2, 0.25) is 11.8 Å². The van der Waals surface area contributed by atoms with Crippen molar-refractivity contribution in [1.29, 1.82) is 0 Å². The van der Waals surface area contributed by atoms with E-state index in [0.717, 1.165) is 17.5 Å². The summed E-state index contributed by atoms with van der Waals surface area (Å²) in [7, 11) is 0. The van der Waals surface area contributed by atoms with Gasteiger partial charge in [-0.1, -0.05) is 62.7 Å². The molecule has 156 valence electrons.